The number of hydrogen-bond acceptors (Lipinski definition) is 4. The molecule has 0 radical (unpaired) electrons. The highest BCUT2D eigenvalue weighted by Crippen LogP contribution is 2.24. The number of hydrogen-bond donors (Lipinski definition) is 2. The fourth-order valence-corrected chi connectivity index (χ4v) is 3.78. The van der Waals surface area contributed by atoms with E-state index in [2.05, 4.69) is 11.8 Å². The van der Waals surface area contributed by atoms with Crippen molar-refractivity contribution >= 4 is 10.0 Å². The van der Waals surface area contributed by atoms with Gasteiger partial charge in [0.05, 0.1) is 11.4 Å². The molecule has 0 saturated carbocycles. The lowest BCUT2D eigenvalue weighted by atomic mass is 10.1. The molecule has 1 aliphatic heterocycles. The maximum atomic E-state index is 12.5. The molecule has 1 fully saturated rings. The van der Waals surface area contributed by atoms with Gasteiger partial charge in [-0.1, -0.05) is 17.9 Å². The molecular formula is C14H18N2O3S. The van der Waals surface area contributed by atoms with E-state index in [1.807, 2.05) is 0 Å². The third kappa shape index (κ3) is 3.19. The van der Waals surface area contributed by atoms with Crippen LogP contribution in [0.25, 0.3) is 0 Å². The van der Waals surface area contributed by atoms with Crippen molar-refractivity contribution in [3.63, 3.8) is 0 Å². The predicted molar refractivity (Wildman–Crippen MR) is 76.3 cm³/mol. The summed E-state index contributed by atoms with van der Waals surface area (Å²) in [6, 6.07) is 6.55. The zero-order valence-corrected chi connectivity index (χ0v) is 11.9. The van der Waals surface area contributed by atoms with Crippen LogP contribution in [0.5, 0.6) is 0 Å². The molecule has 1 unspecified atom stereocenters. The van der Waals surface area contributed by atoms with Crippen LogP contribution in [0.15, 0.2) is 29.2 Å². The van der Waals surface area contributed by atoms with Gasteiger partial charge in [0.25, 0.3) is 0 Å². The van der Waals surface area contributed by atoms with Crippen LogP contribution in [0.2, 0.25) is 0 Å². The largest absolute Gasteiger partial charge is 0.396 e. The Kier molecular flexibility index (Phi) is 4.78. The Hall–Kier alpha value is -1.39. The Morgan fingerprint density at radius 2 is 2.25 bits per heavy atom. The Morgan fingerprint density at radius 3 is 2.90 bits per heavy atom. The normalized spacial score (nSPS) is 19.6. The van der Waals surface area contributed by atoms with E-state index in [0.717, 1.165) is 0 Å². The monoisotopic (exact) mass is 294 g/mol. The summed E-state index contributed by atoms with van der Waals surface area (Å²) < 4.78 is 26.4. The number of nitrogens with two attached hydrogens (primary N) is 1. The van der Waals surface area contributed by atoms with Gasteiger partial charge in [0.15, 0.2) is 0 Å². The van der Waals surface area contributed by atoms with Gasteiger partial charge < -0.3 is 10.8 Å². The van der Waals surface area contributed by atoms with Crippen molar-refractivity contribution in [3.8, 4) is 11.8 Å². The summed E-state index contributed by atoms with van der Waals surface area (Å²) in [5.74, 6) is 5.57. The lowest BCUT2D eigenvalue weighted by Crippen LogP contribution is -2.29. The smallest absolute Gasteiger partial charge is 0.243 e. The number of aliphatic hydroxyl groups is 1. The van der Waals surface area contributed by atoms with E-state index in [0.29, 0.717) is 25.1 Å². The van der Waals surface area contributed by atoms with Crippen molar-refractivity contribution in [1.29, 1.82) is 0 Å². The first-order chi connectivity index (χ1) is 9.57. The van der Waals surface area contributed by atoms with Crippen molar-refractivity contribution in [2.75, 3.05) is 26.2 Å². The minimum atomic E-state index is -3.51. The molecule has 0 aromatic heterocycles. The van der Waals surface area contributed by atoms with Crippen molar-refractivity contribution in [3.05, 3.63) is 29.8 Å². The lowest BCUT2D eigenvalue weighted by Gasteiger charge is -2.16. The predicted octanol–water partition coefficient (Wildman–Crippen LogP) is -0.000300. The third-order valence-electron chi connectivity index (χ3n) is 3.31. The zero-order chi connectivity index (χ0) is 14.6. The van der Waals surface area contributed by atoms with E-state index in [-0.39, 0.29) is 24.0 Å². The minimum absolute atomic E-state index is 0.0219. The van der Waals surface area contributed by atoms with Crippen LogP contribution in [-0.4, -0.2) is 44.1 Å². The summed E-state index contributed by atoms with van der Waals surface area (Å²) in [7, 11) is -3.51. The van der Waals surface area contributed by atoms with E-state index >= 15 is 0 Å². The lowest BCUT2D eigenvalue weighted by molar-refractivity contribution is 0.233. The fourth-order valence-electron chi connectivity index (χ4n) is 2.20. The van der Waals surface area contributed by atoms with Gasteiger partial charge in [-0.25, -0.2) is 8.42 Å². The molecule has 3 N–H and O–H groups in total. The maximum absolute atomic E-state index is 12.5. The molecule has 1 saturated heterocycles. The molecule has 0 aliphatic carbocycles. The molecule has 1 heterocycles. The Morgan fingerprint density at radius 1 is 1.45 bits per heavy atom. The summed E-state index contributed by atoms with van der Waals surface area (Å²) in [5.41, 5.74) is 5.94. The molecule has 1 aliphatic rings. The van der Waals surface area contributed by atoms with Crippen molar-refractivity contribution in [2.45, 2.75) is 11.3 Å². The molecule has 0 amide bonds. The first-order valence-corrected chi connectivity index (χ1v) is 7.92. The van der Waals surface area contributed by atoms with E-state index in [4.69, 9.17) is 10.8 Å². The SMILES string of the molecule is NCC#Cc1cccc(S(=O)(=O)N2CCC(CO)C2)c1. The molecule has 1 aromatic rings. The quantitative estimate of drug-likeness (QED) is 0.769. The number of benzene rings is 1. The zero-order valence-electron chi connectivity index (χ0n) is 11.1. The summed E-state index contributed by atoms with van der Waals surface area (Å²) in [6.07, 6.45) is 0.697. The Balaban J connectivity index is 2.26. The number of rotatable bonds is 3. The molecule has 108 valence electrons. The van der Waals surface area contributed by atoms with Gasteiger partial charge in [-0.05, 0) is 30.5 Å². The summed E-state index contributed by atoms with van der Waals surface area (Å²) in [4.78, 5) is 0.236. The molecule has 0 spiro atoms. The van der Waals surface area contributed by atoms with Crippen LogP contribution in [0.4, 0.5) is 0 Å². The van der Waals surface area contributed by atoms with Crippen molar-refractivity contribution in [2.24, 2.45) is 11.7 Å². The first kappa shape index (κ1) is 15.0. The van der Waals surface area contributed by atoms with Gasteiger partial charge in [0, 0.05) is 25.3 Å². The highest BCUT2D eigenvalue weighted by Gasteiger charge is 2.32. The van der Waals surface area contributed by atoms with E-state index in [1.54, 1.807) is 24.3 Å². The van der Waals surface area contributed by atoms with E-state index in [9.17, 15) is 8.42 Å². The Bertz CT molecular complexity index is 631. The molecule has 6 heteroatoms. The van der Waals surface area contributed by atoms with Crippen LogP contribution in [-0.2, 0) is 10.0 Å². The molecule has 5 nitrogen and oxygen atoms in total. The molecule has 20 heavy (non-hydrogen) atoms. The van der Waals surface area contributed by atoms with Gasteiger partial charge in [-0.15, -0.1) is 0 Å². The van der Waals surface area contributed by atoms with Crippen molar-refractivity contribution in [1.82, 2.24) is 4.31 Å². The van der Waals surface area contributed by atoms with Crippen LogP contribution in [0.3, 0.4) is 0 Å². The van der Waals surface area contributed by atoms with E-state index in [1.165, 1.54) is 4.31 Å². The standard InChI is InChI=1S/C14H18N2O3S/c15-7-2-4-12-3-1-5-14(9-12)20(18,19)16-8-6-13(10-16)11-17/h1,3,5,9,13,17H,6-8,10-11,15H2. The van der Waals surface area contributed by atoms with Gasteiger partial charge in [-0.2, -0.15) is 4.31 Å². The number of nitrogens with zero attached hydrogens (tertiary/aromatic N) is 1. The summed E-state index contributed by atoms with van der Waals surface area (Å²) in [5, 5.41) is 9.11. The van der Waals surface area contributed by atoms with Gasteiger partial charge in [-0.3, -0.25) is 0 Å². The van der Waals surface area contributed by atoms with Crippen molar-refractivity contribution < 1.29 is 13.5 Å². The number of sulfonamides is 1. The Labute approximate surface area is 119 Å². The van der Waals surface area contributed by atoms with Gasteiger partial charge in [0.1, 0.15) is 0 Å². The average Bonchev–Trinajstić information content (AvgIpc) is 2.95. The topological polar surface area (TPSA) is 83.6 Å². The molecule has 1 aromatic carbocycles. The van der Waals surface area contributed by atoms with Crippen LogP contribution in [0.1, 0.15) is 12.0 Å². The van der Waals surface area contributed by atoms with Crippen LogP contribution < -0.4 is 5.73 Å². The molecule has 1 atom stereocenters. The van der Waals surface area contributed by atoms with E-state index < -0.39 is 10.0 Å². The summed E-state index contributed by atoms with van der Waals surface area (Å²) >= 11 is 0. The van der Waals surface area contributed by atoms with Crippen LogP contribution >= 0.6 is 0 Å². The second-order valence-corrected chi connectivity index (χ2v) is 6.67. The summed E-state index contributed by atoms with van der Waals surface area (Å²) in [6.45, 7) is 1.08. The molecule has 2 rings (SSSR count). The van der Waals surface area contributed by atoms with Gasteiger partial charge in [0.2, 0.25) is 10.0 Å². The molecular weight excluding hydrogens is 276 g/mol. The minimum Gasteiger partial charge on any atom is -0.396 e. The van der Waals surface area contributed by atoms with Gasteiger partial charge >= 0.3 is 0 Å². The highest BCUT2D eigenvalue weighted by molar-refractivity contribution is 7.89. The third-order valence-corrected chi connectivity index (χ3v) is 5.17. The fraction of sp³-hybridized carbons (Fsp3) is 0.429. The highest BCUT2D eigenvalue weighted by atomic mass is 32.2. The average molecular weight is 294 g/mol. The second kappa shape index (κ2) is 6.37. The second-order valence-electron chi connectivity index (χ2n) is 4.73. The first-order valence-electron chi connectivity index (χ1n) is 6.48. The number of aliphatic hydroxyl groups excluding tert-OH is 1. The maximum Gasteiger partial charge on any atom is 0.243 e. The molecule has 0 bridgehead atoms. The van der Waals surface area contributed by atoms with Crippen LogP contribution in [0, 0.1) is 17.8 Å².